The minimum absolute atomic E-state index is 0.0742. The number of nitrogens with zero attached hydrogens (tertiary/aromatic N) is 3. The average molecular weight is 444 g/mol. The highest BCUT2D eigenvalue weighted by Gasteiger charge is 2.40. The third-order valence-corrected chi connectivity index (χ3v) is 7.04. The molecule has 0 atom stereocenters. The van der Waals surface area contributed by atoms with Crippen LogP contribution in [-0.2, 0) is 27.9 Å². The van der Waals surface area contributed by atoms with E-state index in [-0.39, 0.29) is 35.4 Å². The van der Waals surface area contributed by atoms with E-state index in [1.165, 1.54) is 0 Å². The van der Waals surface area contributed by atoms with Crippen LogP contribution in [0.15, 0.2) is 17.4 Å². The number of aryl methyl sites for hydroxylation is 1. The molecule has 0 radical (unpaired) electrons. The molecule has 2 fully saturated rings. The molecule has 0 unspecified atom stereocenters. The number of ketones is 1. The lowest BCUT2D eigenvalue weighted by molar-refractivity contribution is -0.126. The summed E-state index contributed by atoms with van der Waals surface area (Å²) < 4.78 is 1.68. The van der Waals surface area contributed by atoms with Gasteiger partial charge in [-0.2, -0.15) is 10.2 Å². The molecule has 0 saturated heterocycles. The van der Waals surface area contributed by atoms with Crippen molar-refractivity contribution >= 4 is 23.3 Å². The first-order valence-electron chi connectivity index (χ1n) is 12.0. The quantitative estimate of drug-likeness (QED) is 0.428. The second kappa shape index (κ2) is 10.9. The van der Waals surface area contributed by atoms with Crippen LogP contribution in [0.5, 0.6) is 0 Å². The third kappa shape index (κ3) is 6.26. The van der Waals surface area contributed by atoms with E-state index in [9.17, 15) is 14.4 Å². The summed E-state index contributed by atoms with van der Waals surface area (Å²) in [6.45, 7) is 4.66. The summed E-state index contributed by atoms with van der Waals surface area (Å²) in [4.78, 5) is 37.4. The van der Waals surface area contributed by atoms with Gasteiger partial charge in [-0.1, -0.05) is 13.3 Å². The number of amides is 2. The summed E-state index contributed by atoms with van der Waals surface area (Å²) in [5.41, 5.74) is 3.56. The Kier molecular flexibility index (Phi) is 8.21. The van der Waals surface area contributed by atoms with Crippen LogP contribution in [0.1, 0.15) is 77.3 Å². The molecule has 2 N–H and O–H groups in total. The molecule has 0 spiro atoms. The molecule has 32 heavy (non-hydrogen) atoms. The number of nitrogens with one attached hydrogen (secondary N) is 2. The lowest BCUT2D eigenvalue weighted by Gasteiger charge is -2.38. The fourth-order valence-corrected chi connectivity index (χ4v) is 4.82. The fraction of sp³-hybridized carbons (Fsp3) is 0.708. The van der Waals surface area contributed by atoms with Gasteiger partial charge in [-0.25, -0.2) is 5.43 Å². The number of carbonyl (C=O) groups excluding carboxylic acids is 3. The molecule has 8 heteroatoms. The molecule has 0 bridgehead atoms. The zero-order valence-electron chi connectivity index (χ0n) is 19.7. The number of rotatable bonds is 10. The molecule has 176 valence electrons. The average Bonchev–Trinajstić information content (AvgIpc) is 3.16. The lowest BCUT2D eigenvalue weighted by atomic mass is 9.66. The molecule has 1 aromatic heterocycles. The van der Waals surface area contributed by atoms with Crippen LogP contribution in [0.2, 0.25) is 0 Å². The Balaban J connectivity index is 1.49. The van der Waals surface area contributed by atoms with Crippen molar-refractivity contribution in [3.05, 3.63) is 18.0 Å². The Labute approximate surface area is 190 Å². The topological polar surface area (TPSA) is 105 Å². The van der Waals surface area contributed by atoms with E-state index in [2.05, 4.69) is 20.9 Å². The fourth-order valence-electron chi connectivity index (χ4n) is 4.82. The van der Waals surface area contributed by atoms with Gasteiger partial charge in [0.1, 0.15) is 5.71 Å². The van der Waals surface area contributed by atoms with E-state index in [1.807, 2.05) is 33.2 Å². The molecule has 3 rings (SSSR count). The molecule has 1 heterocycles. The summed E-state index contributed by atoms with van der Waals surface area (Å²) in [5.74, 6) is 0.507. The standard InChI is InChI=1S/C24H37N5O3/c1-4-25-23(32)18-9-6-17(7-10-18)8-11-21(31)26-27-22(24(2)13-5-14-24)20(30)16-19-12-15-29(3)28-19/h12,15,17-18H,4-11,13-14,16H2,1-3H3,(H,25,32)(H,26,31)/b27-22+. The second-order valence-corrected chi connectivity index (χ2v) is 9.64. The monoisotopic (exact) mass is 443 g/mol. The Bertz CT molecular complexity index is 848. The first-order chi connectivity index (χ1) is 15.3. The van der Waals surface area contributed by atoms with Gasteiger partial charge in [-0.3, -0.25) is 19.1 Å². The molecule has 8 nitrogen and oxygen atoms in total. The molecule has 1 aromatic rings. The Morgan fingerprint density at radius 1 is 1.22 bits per heavy atom. The van der Waals surface area contributed by atoms with Gasteiger partial charge in [-0.15, -0.1) is 0 Å². The molecule has 0 aromatic carbocycles. The Hall–Kier alpha value is -2.51. The van der Waals surface area contributed by atoms with Crippen LogP contribution >= 0.6 is 0 Å². The Morgan fingerprint density at radius 3 is 2.50 bits per heavy atom. The van der Waals surface area contributed by atoms with Gasteiger partial charge in [-0.05, 0) is 63.9 Å². The van der Waals surface area contributed by atoms with Crippen molar-refractivity contribution in [1.82, 2.24) is 20.5 Å². The Morgan fingerprint density at radius 2 is 1.94 bits per heavy atom. The first-order valence-corrected chi connectivity index (χ1v) is 12.0. The number of aromatic nitrogens is 2. The van der Waals surface area contributed by atoms with Crippen molar-refractivity contribution < 1.29 is 14.4 Å². The van der Waals surface area contributed by atoms with Gasteiger partial charge < -0.3 is 5.32 Å². The van der Waals surface area contributed by atoms with Gasteiger partial charge in [0.15, 0.2) is 5.78 Å². The number of Topliss-reactive ketones (excluding diaryl/α,β-unsaturated/α-hetero) is 1. The minimum atomic E-state index is -0.267. The zero-order valence-corrected chi connectivity index (χ0v) is 19.7. The summed E-state index contributed by atoms with van der Waals surface area (Å²) >= 11 is 0. The smallest absolute Gasteiger partial charge is 0.240 e. The van der Waals surface area contributed by atoms with Crippen molar-refractivity contribution in [2.75, 3.05) is 6.54 Å². The van der Waals surface area contributed by atoms with Gasteiger partial charge in [0.25, 0.3) is 0 Å². The van der Waals surface area contributed by atoms with Crippen molar-refractivity contribution in [1.29, 1.82) is 0 Å². The highest BCUT2D eigenvalue weighted by molar-refractivity contribution is 6.42. The van der Waals surface area contributed by atoms with Gasteiger partial charge >= 0.3 is 0 Å². The maximum Gasteiger partial charge on any atom is 0.240 e. The van der Waals surface area contributed by atoms with E-state index in [0.29, 0.717) is 30.3 Å². The highest BCUT2D eigenvalue weighted by atomic mass is 16.2. The van der Waals surface area contributed by atoms with Crippen LogP contribution in [0.3, 0.4) is 0 Å². The summed E-state index contributed by atoms with van der Waals surface area (Å²) in [6, 6.07) is 1.83. The maximum atomic E-state index is 12.9. The maximum absolute atomic E-state index is 12.9. The zero-order chi connectivity index (χ0) is 23.1. The van der Waals surface area contributed by atoms with Crippen LogP contribution in [0.4, 0.5) is 0 Å². The van der Waals surface area contributed by atoms with Gasteiger partial charge in [0, 0.05) is 37.5 Å². The molecular formula is C24H37N5O3. The SMILES string of the molecule is CCNC(=O)C1CCC(CCC(=O)N/N=C(\C(=O)Cc2ccn(C)n2)C2(C)CCC2)CC1. The number of hydrazone groups is 1. The van der Waals surface area contributed by atoms with E-state index in [1.54, 1.807) is 4.68 Å². The minimum Gasteiger partial charge on any atom is -0.356 e. The highest BCUT2D eigenvalue weighted by Crippen LogP contribution is 2.42. The van der Waals surface area contributed by atoms with E-state index >= 15 is 0 Å². The van der Waals surface area contributed by atoms with Crippen molar-refractivity contribution in [3.8, 4) is 0 Å². The van der Waals surface area contributed by atoms with E-state index in [4.69, 9.17) is 0 Å². The van der Waals surface area contributed by atoms with Crippen LogP contribution in [0, 0.1) is 17.3 Å². The summed E-state index contributed by atoms with van der Waals surface area (Å²) in [5, 5.41) is 11.5. The summed E-state index contributed by atoms with van der Waals surface area (Å²) in [6.07, 6.45) is 9.80. The van der Waals surface area contributed by atoms with E-state index < -0.39 is 0 Å². The lowest BCUT2D eigenvalue weighted by Crippen LogP contribution is -2.42. The molecule has 0 aliphatic heterocycles. The molecule has 2 aliphatic rings. The predicted octanol–water partition coefficient (Wildman–Crippen LogP) is 2.92. The van der Waals surface area contributed by atoms with Gasteiger partial charge in [0.2, 0.25) is 11.8 Å². The number of carbonyl (C=O) groups is 3. The summed E-state index contributed by atoms with van der Waals surface area (Å²) in [7, 11) is 1.82. The van der Waals surface area contributed by atoms with Crippen LogP contribution < -0.4 is 10.7 Å². The van der Waals surface area contributed by atoms with Gasteiger partial charge in [0.05, 0.1) is 12.1 Å². The number of hydrogen-bond donors (Lipinski definition) is 2. The third-order valence-electron chi connectivity index (χ3n) is 7.04. The second-order valence-electron chi connectivity index (χ2n) is 9.64. The van der Waals surface area contributed by atoms with Crippen molar-refractivity contribution in [3.63, 3.8) is 0 Å². The predicted molar refractivity (Wildman–Crippen MR) is 123 cm³/mol. The first kappa shape index (κ1) is 24.1. The van der Waals surface area contributed by atoms with E-state index in [0.717, 1.165) is 51.4 Å². The largest absolute Gasteiger partial charge is 0.356 e. The van der Waals surface area contributed by atoms with Crippen molar-refractivity contribution in [2.24, 2.45) is 29.4 Å². The van der Waals surface area contributed by atoms with Crippen LogP contribution in [-0.4, -0.2) is 39.6 Å². The molecule has 2 aliphatic carbocycles. The van der Waals surface area contributed by atoms with Crippen LogP contribution in [0.25, 0.3) is 0 Å². The molecular weight excluding hydrogens is 406 g/mol. The number of hydrogen-bond acceptors (Lipinski definition) is 5. The van der Waals surface area contributed by atoms with Crippen molar-refractivity contribution in [2.45, 2.75) is 78.1 Å². The molecule has 2 amide bonds. The molecule has 2 saturated carbocycles. The normalized spacial score (nSPS) is 22.7.